The van der Waals surface area contributed by atoms with E-state index in [1.54, 1.807) is 38.6 Å². The van der Waals surface area contributed by atoms with Crippen LogP contribution in [0.15, 0.2) is 0 Å². The third-order valence-electron chi connectivity index (χ3n) is 2.45. The number of nitriles is 1. The van der Waals surface area contributed by atoms with Crippen molar-refractivity contribution < 1.29 is 14.6 Å². The fourth-order valence-electron chi connectivity index (χ4n) is 1.59. The molecular formula is C11H18N2O3S. The molecule has 1 amide bonds. The van der Waals surface area contributed by atoms with Crippen molar-refractivity contribution in [2.75, 3.05) is 11.5 Å². The maximum Gasteiger partial charge on any atom is 0.408 e. The first-order valence-electron chi connectivity index (χ1n) is 5.46. The lowest BCUT2D eigenvalue weighted by Crippen LogP contribution is -2.57. The zero-order valence-corrected chi connectivity index (χ0v) is 11.1. The normalized spacial score (nSPS) is 26.1. The molecule has 1 fully saturated rings. The molecule has 1 aliphatic heterocycles. The molecule has 2 N–H and O–H groups in total. The van der Waals surface area contributed by atoms with Gasteiger partial charge in [0.25, 0.3) is 0 Å². The summed E-state index contributed by atoms with van der Waals surface area (Å²) >= 11 is 1.60. The summed E-state index contributed by atoms with van der Waals surface area (Å²) in [6, 6.07) is 1.79. The van der Waals surface area contributed by atoms with Crippen LogP contribution < -0.4 is 5.32 Å². The van der Waals surface area contributed by atoms with E-state index >= 15 is 0 Å². The molecule has 0 aromatic rings. The lowest BCUT2D eigenvalue weighted by molar-refractivity contribution is 0.0364. The molecule has 1 saturated heterocycles. The average molecular weight is 258 g/mol. The molecule has 0 saturated carbocycles. The first-order valence-corrected chi connectivity index (χ1v) is 6.61. The molecule has 17 heavy (non-hydrogen) atoms. The smallest absolute Gasteiger partial charge is 0.408 e. The van der Waals surface area contributed by atoms with E-state index in [-0.39, 0.29) is 0 Å². The number of alkyl carbamates (subject to hydrolysis) is 1. The second-order valence-corrected chi connectivity index (χ2v) is 6.22. The van der Waals surface area contributed by atoms with Gasteiger partial charge in [0.15, 0.2) is 6.10 Å². The summed E-state index contributed by atoms with van der Waals surface area (Å²) < 4.78 is 5.14. The number of nitrogens with zero attached hydrogens (tertiary/aromatic N) is 1. The third-order valence-corrected chi connectivity index (χ3v) is 3.66. The van der Waals surface area contributed by atoms with Crippen LogP contribution >= 0.6 is 11.8 Å². The number of aliphatic hydroxyl groups is 1. The Labute approximate surface area is 106 Å². The number of amides is 1. The monoisotopic (exact) mass is 258 g/mol. The Morgan fingerprint density at radius 3 is 2.71 bits per heavy atom. The predicted molar refractivity (Wildman–Crippen MR) is 65.7 cm³/mol. The van der Waals surface area contributed by atoms with Crippen molar-refractivity contribution in [2.24, 2.45) is 0 Å². The van der Waals surface area contributed by atoms with Crippen LogP contribution in [-0.4, -0.2) is 39.9 Å². The van der Waals surface area contributed by atoms with Crippen molar-refractivity contribution in [1.82, 2.24) is 5.32 Å². The molecule has 0 aromatic carbocycles. The van der Waals surface area contributed by atoms with Gasteiger partial charge in [-0.3, -0.25) is 0 Å². The lowest BCUT2D eigenvalue weighted by Gasteiger charge is -2.32. The van der Waals surface area contributed by atoms with E-state index < -0.39 is 23.3 Å². The van der Waals surface area contributed by atoms with Crippen LogP contribution in [0.4, 0.5) is 4.79 Å². The number of ether oxygens (including phenoxy) is 1. The molecule has 96 valence electrons. The average Bonchev–Trinajstić information content (AvgIpc) is 2.63. The Kier molecular flexibility index (Phi) is 4.28. The van der Waals surface area contributed by atoms with Crippen molar-refractivity contribution in [3.63, 3.8) is 0 Å². The summed E-state index contributed by atoms with van der Waals surface area (Å²) in [4.78, 5) is 11.7. The highest BCUT2D eigenvalue weighted by molar-refractivity contribution is 7.99. The van der Waals surface area contributed by atoms with Gasteiger partial charge in [0.05, 0.1) is 11.6 Å². The van der Waals surface area contributed by atoms with Gasteiger partial charge in [0.1, 0.15) is 5.60 Å². The number of carbonyl (C=O) groups excluding carboxylic acids is 1. The van der Waals surface area contributed by atoms with Crippen molar-refractivity contribution in [1.29, 1.82) is 5.26 Å². The number of hydrogen-bond acceptors (Lipinski definition) is 5. The summed E-state index contributed by atoms with van der Waals surface area (Å²) in [6.45, 7) is 5.30. The second-order valence-electron chi connectivity index (χ2n) is 5.12. The van der Waals surface area contributed by atoms with Crippen molar-refractivity contribution in [3.05, 3.63) is 0 Å². The molecule has 6 heteroatoms. The Morgan fingerprint density at radius 1 is 1.65 bits per heavy atom. The van der Waals surface area contributed by atoms with E-state index in [1.807, 2.05) is 0 Å². The molecule has 2 atom stereocenters. The standard InChI is InChI=1S/C11H18N2O3S/c1-10(2,3)16-9(15)13-11(8(14)6-12)4-5-17-7-11/h8,14H,4-5,7H2,1-3H3,(H,13,15). The van der Waals surface area contributed by atoms with Gasteiger partial charge in [-0.05, 0) is 32.9 Å². The second kappa shape index (κ2) is 5.15. The van der Waals surface area contributed by atoms with Gasteiger partial charge in [0, 0.05) is 5.75 Å². The largest absolute Gasteiger partial charge is 0.444 e. The highest BCUT2D eigenvalue weighted by atomic mass is 32.2. The number of aliphatic hydroxyl groups excluding tert-OH is 1. The van der Waals surface area contributed by atoms with E-state index in [0.717, 1.165) is 5.75 Å². The number of thioether (sulfide) groups is 1. The summed E-state index contributed by atoms with van der Waals surface area (Å²) in [6.07, 6.45) is -1.22. The van der Waals surface area contributed by atoms with Gasteiger partial charge in [-0.2, -0.15) is 17.0 Å². The summed E-state index contributed by atoms with van der Waals surface area (Å²) in [5, 5.41) is 21.2. The minimum absolute atomic E-state index is 0.529. The van der Waals surface area contributed by atoms with E-state index in [2.05, 4.69) is 5.32 Å². The molecule has 0 aliphatic carbocycles. The molecular weight excluding hydrogens is 240 g/mol. The molecule has 1 aliphatic rings. The Bertz CT molecular complexity index is 327. The van der Waals surface area contributed by atoms with Crippen LogP contribution in [0.25, 0.3) is 0 Å². The molecule has 0 spiro atoms. The topological polar surface area (TPSA) is 82.3 Å². The first-order chi connectivity index (χ1) is 7.79. The number of rotatable bonds is 2. The zero-order valence-electron chi connectivity index (χ0n) is 10.3. The van der Waals surface area contributed by atoms with E-state index in [0.29, 0.717) is 12.2 Å². The van der Waals surface area contributed by atoms with Crippen LogP contribution in [0.1, 0.15) is 27.2 Å². The zero-order chi connectivity index (χ0) is 13.1. The minimum Gasteiger partial charge on any atom is -0.444 e. The number of nitrogens with one attached hydrogen (secondary N) is 1. The van der Waals surface area contributed by atoms with Crippen LogP contribution in [0.3, 0.4) is 0 Å². The van der Waals surface area contributed by atoms with Crippen LogP contribution in [0.2, 0.25) is 0 Å². The van der Waals surface area contributed by atoms with Crippen LogP contribution in [-0.2, 0) is 4.74 Å². The van der Waals surface area contributed by atoms with Crippen molar-refractivity contribution in [3.8, 4) is 6.07 Å². The molecule has 1 heterocycles. The van der Waals surface area contributed by atoms with Gasteiger partial charge in [-0.1, -0.05) is 0 Å². The van der Waals surface area contributed by atoms with Crippen molar-refractivity contribution >= 4 is 17.9 Å². The fourth-order valence-corrected chi connectivity index (χ4v) is 2.99. The maximum absolute atomic E-state index is 11.7. The van der Waals surface area contributed by atoms with E-state index in [4.69, 9.17) is 10.00 Å². The lowest BCUT2D eigenvalue weighted by atomic mass is 9.92. The molecule has 5 nitrogen and oxygen atoms in total. The SMILES string of the molecule is CC(C)(C)OC(=O)NC1(C(O)C#N)CCSC1. The quantitative estimate of drug-likeness (QED) is 0.729. The van der Waals surface area contributed by atoms with Gasteiger partial charge in [-0.15, -0.1) is 0 Å². The molecule has 2 unspecified atom stereocenters. The van der Waals surface area contributed by atoms with Crippen LogP contribution in [0, 0.1) is 11.3 Å². The van der Waals surface area contributed by atoms with Crippen molar-refractivity contribution in [2.45, 2.75) is 44.4 Å². The summed E-state index contributed by atoms with van der Waals surface area (Å²) in [5.41, 5.74) is -1.46. The summed E-state index contributed by atoms with van der Waals surface area (Å²) in [7, 11) is 0. The Balaban J connectivity index is 2.69. The van der Waals surface area contributed by atoms with Gasteiger partial charge < -0.3 is 15.2 Å². The first kappa shape index (κ1) is 14.1. The molecule has 0 bridgehead atoms. The van der Waals surface area contributed by atoms with Gasteiger partial charge >= 0.3 is 6.09 Å². The van der Waals surface area contributed by atoms with E-state index in [9.17, 15) is 9.90 Å². The maximum atomic E-state index is 11.7. The third kappa shape index (κ3) is 3.79. The number of carbonyl (C=O) groups is 1. The highest BCUT2D eigenvalue weighted by Gasteiger charge is 2.43. The Hall–Kier alpha value is -0.930. The van der Waals surface area contributed by atoms with E-state index in [1.165, 1.54) is 0 Å². The fraction of sp³-hybridized carbons (Fsp3) is 0.818. The predicted octanol–water partition coefficient (Wildman–Crippen LogP) is 1.27. The minimum atomic E-state index is -1.20. The highest BCUT2D eigenvalue weighted by Crippen LogP contribution is 2.31. The Morgan fingerprint density at radius 2 is 2.29 bits per heavy atom. The van der Waals surface area contributed by atoms with Gasteiger partial charge in [-0.25, -0.2) is 4.79 Å². The van der Waals surface area contributed by atoms with Crippen LogP contribution in [0.5, 0.6) is 0 Å². The van der Waals surface area contributed by atoms with Gasteiger partial charge in [0.2, 0.25) is 0 Å². The summed E-state index contributed by atoms with van der Waals surface area (Å²) in [5.74, 6) is 1.34. The molecule has 0 radical (unpaired) electrons. The molecule has 0 aromatic heterocycles. The number of hydrogen-bond donors (Lipinski definition) is 2. The molecule has 1 rings (SSSR count).